The minimum Gasteiger partial charge on any atom is -0.361 e. The molecule has 2 nitrogen and oxygen atoms in total. The van der Waals surface area contributed by atoms with Crippen molar-refractivity contribution in [3.05, 3.63) is 58.4 Å². The molecule has 1 aliphatic rings. The summed E-state index contributed by atoms with van der Waals surface area (Å²) in [4.78, 5) is 6.18. The molecule has 0 fully saturated rings. The Morgan fingerprint density at radius 3 is 3.08 bits per heavy atom. The van der Waals surface area contributed by atoms with E-state index in [1.807, 2.05) is 23.1 Å². The molecule has 1 aromatic carbocycles. The highest BCUT2D eigenvalue weighted by Gasteiger charge is 2.16. The largest absolute Gasteiger partial charge is 0.361 e. The van der Waals surface area contributed by atoms with Crippen molar-refractivity contribution in [3.8, 4) is 0 Å². The smallest absolute Gasteiger partial charge is 0.0468 e. The van der Waals surface area contributed by atoms with Gasteiger partial charge in [0.15, 0.2) is 0 Å². The summed E-state index contributed by atoms with van der Waals surface area (Å²) in [6.07, 6.45) is 9.04. The summed E-state index contributed by atoms with van der Waals surface area (Å²) in [5.74, 6) is 2.28. The van der Waals surface area contributed by atoms with Gasteiger partial charge in [-0.2, -0.15) is 11.8 Å². The highest BCUT2D eigenvalue weighted by atomic mass is 32.2. The molecule has 0 aliphatic carbocycles. The molecule has 0 radical (unpaired) electrons. The topological polar surface area (TPSA) is 27.8 Å². The number of hydrogen-bond acceptors (Lipinski definition) is 4. The number of hydrogen-bond donors (Lipinski definition) is 2. The molecule has 2 N–H and O–H groups in total. The van der Waals surface area contributed by atoms with E-state index in [9.17, 15) is 0 Å². The number of benzene rings is 1. The first kappa shape index (κ1) is 18.2. The zero-order valence-corrected chi connectivity index (χ0v) is 17.4. The molecule has 3 aromatic rings. The lowest BCUT2D eigenvalue weighted by Crippen LogP contribution is -2.33. The zero-order chi connectivity index (χ0) is 17.8. The average molecular weight is 401 g/mol. The van der Waals surface area contributed by atoms with Gasteiger partial charge in [-0.05, 0) is 59.6 Å². The molecular formula is C21H24N2S3. The number of fused-ring (bicyclic) bond motifs is 1. The number of thioether (sulfide) groups is 2. The number of thiophene rings is 1. The molecule has 26 heavy (non-hydrogen) atoms. The van der Waals surface area contributed by atoms with Gasteiger partial charge in [-0.25, -0.2) is 0 Å². The second-order valence-corrected chi connectivity index (χ2v) is 9.52. The molecular weight excluding hydrogens is 376 g/mol. The van der Waals surface area contributed by atoms with Gasteiger partial charge in [-0.15, -0.1) is 23.1 Å². The summed E-state index contributed by atoms with van der Waals surface area (Å²) in [6, 6.07) is 11.7. The van der Waals surface area contributed by atoms with Crippen molar-refractivity contribution in [1.29, 1.82) is 0 Å². The van der Waals surface area contributed by atoms with E-state index in [1.54, 1.807) is 11.8 Å². The Hall–Kier alpha value is -1.14. The van der Waals surface area contributed by atoms with Crippen LogP contribution < -0.4 is 5.32 Å². The van der Waals surface area contributed by atoms with Crippen molar-refractivity contribution in [1.82, 2.24) is 10.3 Å². The lowest BCUT2D eigenvalue weighted by Gasteiger charge is -2.23. The molecule has 1 unspecified atom stereocenters. The maximum absolute atomic E-state index is 3.65. The van der Waals surface area contributed by atoms with Crippen LogP contribution in [0.25, 0.3) is 16.5 Å². The summed E-state index contributed by atoms with van der Waals surface area (Å²) in [5, 5.41) is 7.20. The SMILES string of the molecule is CSc1ccc2c(CSCCC3CC(c4cccs4)=CCN3)c[nH]c2c1. The summed E-state index contributed by atoms with van der Waals surface area (Å²) in [7, 11) is 0. The van der Waals surface area contributed by atoms with Crippen LogP contribution in [-0.4, -0.2) is 29.6 Å². The molecule has 136 valence electrons. The fraction of sp³-hybridized carbons (Fsp3) is 0.333. The molecule has 0 spiro atoms. The molecule has 5 heteroatoms. The molecule has 2 aromatic heterocycles. The van der Waals surface area contributed by atoms with Crippen molar-refractivity contribution in [2.24, 2.45) is 0 Å². The average Bonchev–Trinajstić information content (AvgIpc) is 3.35. The maximum Gasteiger partial charge on any atom is 0.0468 e. The number of rotatable bonds is 7. The number of H-pyrrole nitrogens is 1. The van der Waals surface area contributed by atoms with Gasteiger partial charge in [0.2, 0.25) is 0 Å². The highest BCUT2D eigenvalue weighted by molar-refractivity contribution is 7.98. The first-order valence-electron chi connectivity index (χ1n) is 9.01. The van der Waals surface area contributed by atoms with Crippen molar-refractivity contribution in [2.75, 3.05) is 18.6 Å². The quantitative estimate of drug-likeness (QED) is 0.375. The van der Waals surface area contributed by atoms with Gasteiger partial charge >= 0.3 is 0 Å². The third-order valence-corrected chi connectivity index (χ3v) is 7.61. The van der Waals surface area contributed by atoms with Crippen LogP contribution in [0, 0.1) is 0 Å². The van der Waals surface area contributed by atoms with Crippen LogP contribution in [0.2, 0.25) is 0 Å². The van der Waals surface area contributed by atoms with Gasteiger partial charge in [0.1, 0.15) is 0 Å². The predicted molar refractivity (Wildman–Crippen MR) is 120 cm³/mol. The van der Waals surface area contributed by atoms with Crippen molar-refractivity contribution >= 4 is 51.3 Å². The van der Waals surface area contributed by atoms with E-state index in [1.165, 1.54) is 44.0 Å². The monoisotopic (exact) mass is 400 g/mol. The van der Waals surface area contributed by atoms with E-state index < -0.39 is 0 Å². The van der Waals surface area contributed by atoms with Crippen LogP contribution in [-0.2, 0) is 5.75 Å². The van der Waals surface area contributed by atoms with E-state index in [4.69, 9.17) is 0 Å². The Bertz CT molecular complexity index is 880. The Morgan fingerprint density at radius 2 is 2.23 bits per heavy atom. The van der Waals surface area contributed by atoms with Crippen molar-refractivity contribution in [3.63, 3.8) is 0 Å². The Morgan fingerprint density at radius 1 is 1.27 bits per heavy atom. The van der Waals surface area contributed by atoms with E-state index in [0.717, 1.165) is 18.7 Å². The van der Waals surface area contributed by atoms with Gasteiger partial charge < -0.3 is 10.3 Å². The van der Waals surface area contributed by atoms with E-state index >= 15 is 0 Å². The maximum atomic E-state index is 3.65. The summed E-state index contributed by atoms with van der Waals surface area (Å²) < 4.78 is 0. The second kappa shape index (κ2) is 8.70. The highest BCUT2D eigenvalue weighted by Crippen LogP contribution is 2.29. The molecule has 0 amide bonds. The van der Waals surface area contributed by atoms with Gasteiger partial charge in [-0.3, -0.25) is 0 Å². The van der Waals surface area contributed by atoms with Crippen LogP contribution in [0.3, 0.4) is 0 Å². The lowest BCUT2D eigenvalue weighted by atomic mass is 9.99. The first-order valence-corrected chi connectivity index (χ1v) is 12.3. The van der Waals surface area contributed by atoms with E-state index in [2.05, 4.69) is 64.5 Å². The minimum absolute atomic E-state index is 0.608. The molecule has 0 saturated heterocycles. The fourth-order valence-corrected chi connectivity index (χ4v) is 5.73. The Labute approximate surface area is 167 Å². The standard InChI is InChI=1S/C21H24N2S3/c1-24-18-4-5-19-16(13-23-20(19)12-18)14-25-10-7-17-11-15(6-8-22-17)21-3-2-9-26-21/h2-6,9,12-13,17,22-23H,7-8,10-11,14H2,1H3. The van der Waals surface area contributed by atoms with Crippen LogP contribution >= 0.6 is 34.9 Å². The van der Waals surface area contributed by atoms with E-state index in [-0.39, 0.29) is 0 Å². The normalized spacial score (nSPS) is 17.6. The third kappa shape index (κ3) is 4.22. The summed E-state index contributed by atoms with van der Waals surface area (Å²) in [5.41, 5.74) is 4.20. The summed E-state index contributed by atoms with van der Waals surface area (Å²) >= 11 is 5.69. The molecule has 1 aliphatic heterocycles. The van der Waals surface area contributed by atoms with Gasteiger partial charge in [0.05, 0.1) is 0 Å². The van der Waals surface area contributed by atoms with E-state index in [0.29, 0.717) is 6.04 Å². The molecule has 3 heterocycles. The first-order chi connectivity index (χ1) is 12.8. The van der Waals surface area contributed by atoms with Gasteiger partial charge in [0.25, 0.3) is 0 Å². The zero-order valence-electron chi connectivity index (χ0n) is 15.0. The number of aromatic amines is 1. The second-order valence-electron chi connectivity index (χ2n) is 6.58. The Balaban J connectivity index is 1.27. The van der Waals surface area contributed by atoms with Crippen molar-refractivity contribution in [2.45, 2.75) is 29.5 Å². The molecule has 0 saturated carbocycles. The van der Waals surface area contributed by atoms with Crippen molar-refractivity contribution < 1.29 is 0 Å². The van der Waals surface area contributed by atoms with Gasteiger partial charge in [-0.1, -0.05) is 18.2 Å². The molecule has 0 bridgehead atoms. The predicted octanol–water partition coefficient (Wildman–Crippen LogP) is 6.02. The third-order valence-electron chi connectivity index (χ3n) is 4.90. The lowest BCUT2D eigenvalue weighted by molar-refractivity contribution is 0.525. The fourth-order valence-electron chi connectivity index (χ4n) is 3.46. The minimum atomic E-state index is 0.608. The molecule has 4 rings (SSSR count). The summed E-state index contributed by atoms with van der Waals surface area (Å²) in [6.45, 7) is 1.00. The number of aromatic nitrogens is 1. The van der Waals surface area contributed by atoms with Crippen LogP contribution in [0.15, 0.2) is 52.9 Å². The molecule has 1 atom stereocenters. The van der Waals surface area contributed by atoms with Crippen LogP contribution in [0.1, 0.15) is 23.3 Å². The van der Waals surface area contributed by atoms with Gasteiger partial charge in [0, 0.05) is 45.2 Å². The van der Waals surface area contributed by atoms with Crippen LogP contribution in [0.4, 0.5) is 0 Å². The Kier molecular flexibility index (Phi) is 6.10. The van der Waals surface area contributed by atoms with Crippen LogP contribution in [0.5, 0.6) is 0 Å². The number of nitrogens with one attached hydrogen (secondary N) is 2.